The lowest BCUT2D eigenvalue weighted by Gasteiger charge is -2.17. The van der Waals surface area contributed by atoms with Crippen LogP contribution in [-0.2, 0) is 24.6 Å². The van der Waals surface area contributed by atoms with E-state index in [1.165, 1.54) is 12.1 Å². The maximum Gasteiger partial charge on any atom is 0.417 e. The number of Topliss-reactive ketones (excluding diaryl/α,β-unsaturated/α-hetero) is 1. The van der Waals surface area contributed by atoms with Crippen molar-refractivity contribution in [1.82, 2.24) is 0 Å². The van der Waals surface area contributed by atoms with Crippen LogP contribution in [0, 0.1) is 0 Å². The molecule has 0 amide bonds. The molecule has 8 heteroatoms. The summed E-state index contributed by atoms with van der Waals surface area (Å²) in [6, 6.07) is 4.64. The molecule has 0 aliphatic carbocycles. The molecular weight excluding hydrogens is 332 g/mol. The van der Waals surface area contributed by atoms with Crippen LogP contribution in [0.2, 0.25) is 0 Å². The fourth-order valence-corrected chi connectivity index (χ4v) is 2.88. The molecule has 1 aromatic carbocycles. The summed E-state index contributed by atoms with van der Waals surface area (Å²) in [4.78, 5) is 11.7. The molecule has 1 unspecified atom stereocenters. The van der Waals surface area contributed by atoms with Crippen LogP contribution in [-0.4, -0.2) is 18.6 Å². The van der Waals surface area contributed by atoms with Crippen molar-refractivity contribution in [2.24, 2.45) is 0 Å². The van der Waals surface area contributed by atoms with Gasteiger partial charge in [-0.25, -0.2) is 4.57 Å². The third-order valence-electron chi connectivity index (χ3n) is 2.95. The predicted molar refractivity (Wildman–Crippen MR) is 81.0 cm³/mol. The summed E-state index contributed by atoms with van der Waals surface area (Å²) in [5.41, 5.74) is -1.61. The Bertz CT molecular complexity index is 638. The first-order valence-corrected chi connectivity index (χ1v) is 8.67. The summed E-state index contributed by atoms with van der Waals surface area (Å²) in [5, 5.41) is 0. The van der Waals surface area contributed by atoms with Gasteiger partial charge in [-0.15, -0.1) is 0 Å². The van der Waals surface area contributed by atoms with Crippen LogP contribution in [0.25, 0.3) is 5.57 Å². The molecule has 0 aliphatic heterocycles. The van der Waals surface area contributed by atoms with E-state index in [-0.39, 0.29) is 23.9 Å². The molecule has 0 aliphatic rings. The van der Waals surface area contributed by atoms with Gasteiger partial charge in [-0.3, -0.25) is 4.79 Å². The van der Waals surface area contributed by atoms with E-state index in [2.05, 4.69) is 0 Å². The molecule has 0 radical (unpaired) electrons. The lowest BCUT2D eigenvalue weighted by molar-refractivity contribution is -0.137. The van der Waals surface area contributed by atoms with E-state index in [1.54, 1.807) is 13.8 Å². The zero-order valence-electron chi connectivity index (χ0n) is 13.0. The number of allylic oxidation sites excluding steroid dienone is 1. The van der Waals surface area contributed by atoms with Crippen LogP contribution in [0.3, 0.4) is 0 Å². The molecule has 0 spiro atoms. The zero-order chi connectivity index (χ0) is 17.7. The van der Waals surface area contributed by atoms with Gasteiger partial charge in [0.15, 0.2) is 5.78 Å². The molecule has 0 saturated heterocycles. The minimum Gasteiger partial charge on any atom is -0.432 e. The SMILES string of the molecule is CCOP(=O)(CC)OC=C(C(C)=O)c1ccccc1C(F)(F)F. The third kappa shape index (κ3) is 5.22. The predicted octanol–water partition coefficient (Wildman–Crippen LogP) is 4.90. The number of benzene rings is 1. The number of hydrogen-bond acceptors (Lipinski definition) is 4. The van der Waals surface area contributed by atoms with Crippen LogP contribution in [0.5, 0.6) is 0 Å². The van der Waals surface area contributed by atoms with Crippen LogP contribution in [0.15, 0.2) is 30.5 Å². The van der Waals surface area contributed by atoms with Crippen LogP contribution in [0.4, 0.5) is 13.2 Å². The summed E-state index contributed by atoms with van der Waals surface area (Å²) in [6.07, 6.45) is -3.80. The quantitative estimate of drug-likeness (QED) is 0.399. The number of carbonyl (C=O) groups excluding carboxylic acids is 1. The Labute approximate surface area is 132 Å². The zero-order valence-corrected chi connectivity index (χ0v) is 13.9. The summed E-state index contributed by atoms with van der Waals surface area (Å²) >= 11 is 0. The summed E-state index contributed by atoms with van der Waals surface area (Å²) in [7, 11) is -3.48. The molecule has 1 rings (SSSR count). The van der Waals surface area contributed by atoms with Crippen LogP contribution < -0.4 is 0 Å². The molecule has 0 saturated carbocycles. The lowest BCUT2D eigenvalue weighted by atomic mass is 9.98. The van der Waals surface area contributed by atoms with E-state index < -0.39 is 25.1 Å². The molecule has 0 fully saturated rings. The smallest absolute Gasteiger partial charge is 0.417 e. The van der Waals surface area contributed by atoms with E-state index >= 15 is 0 Å². The molecule has 0 N–H and O–H groups in total. The van der Waals surface area contributed by atoms with Gasteiger partial charge in [0.2, 0.25) is 0 Å². The maximum absolute atomic E-state index is 13.1. The molecule has 4 nitrogen and oxygen atoms in total. The van der Waals surface area contributed by atoms with Crippen LogP contribution >= 0.6 is 7.60 Å². The van der Waals surface area contributed by atoms with Crippen molar-refractivity contribution in [2.75, 3.05) is 12.8 Å². The molecule has 128 valence electrons. The van der Waals surface area contributed by atoms with Gasteiger partial charge in [0, 0.05) is 5.56 Å². The topological polar surface area (TPSA) is 52.6 Å². The highest BCUT2D eigenvalue weighted by Gasteiger charge is 2.34. The molecule has 23 heavy (non-hydrogen) atoms. The van der Waals surface area contributed by atoms with Crippen molar-refractivity contribution in [3.63, 3.8) is 0 Å². The number of carbonyl (C=O) groups is 1. The highest BCUT2D eigenvalue weighted by molar-refractivity contribution is 7.53. The van der Waals surface area contributed by atoms with E-state index in [0.717, 1.165) is 25.3 Å². The number of halogens is 3. The Morgan fingerprint density at radius 1 is 1.26 bits per heavy atom. The first-order chi connectivity index (χ1) is 10.6. The Morgan fingerprint density at radius 2 is 1.87 bits per heavy atom. The van der Waals surface area contributed by atoms with Crippen molar-refractivity contribution in [2.45, 2.75) is 26.9 Å². The van der Waals surface area contributed by atoms with Gasteiger partial charge in [0.1, 0.15) is 6.26 Å². The van der Waals surface area contributed by atoms with Gasteiger partial charge in [-0.05, 0) is 19.9 Å². The van der Waals surface area contributed by atoms with E-state index in [1.807, 2.05) is 0 Å². The van der Waals surface area contributed by atoms with Crippen molar-refractivity contribution in [3.8, 4) is 0 Å². The number of alkyl halides is 3. The fraction of sp³-hybridized carbons (Fsp3) is 0.400. The molecule has 0 aromatic heterocycles. The Balaban J connectivity index is 3.32. The second kappa shape index (κ2) is 7.79. The minimum absolute atomic E-state index is 0.0312. The molecule has 1 aromatic rings. The van der Waals surface area contributed by atoms with E-state index in [4.69, 9.17) is 9.05 Å². The third-order valence-corrected chi connectivity index (χ3v) is 4.80. The summed E-state index contributed by atoms with van der Waals surface area (Å²) in [6.45, 7) is 4.40. The second-order valence-corrected chi connectivity index (χ2v) is 6.90. The largest absolute Gasteiger partial charge is 0.432 e. The average Bonchev–Trinajstić information content (AvgIpc) is 2.47. The van der Waals surface area contributed by atoms with Crippen LogP contribution in [0.1, 0.15) is 31.9 Å². The lowest BCUT2D eigenvalue weighted by Crippen LogP contribution is -2.11. The maximum atomic E-state index is 13.1. The Morgan fingerprint density at radius 3 is 2.35 bits per heavy atom. The van der Waals surface area contributed by atoms with Crippen molar-refractivity contribution in [3.05, 3.63) is 41.7 Å². The van der Waals surface area contributed by atoms with Gasteiger partial charge in [-0.2, -0.15) is 13.2 Å². The molecule has 0 heterocycles. The highest BCUT2D eigenvalue weighted by atomic mass is 31.2. The normalized spacial score (nSPS) is 15.1. The molecule has 1 atom stereocenters. The number of rotatable bonds is 7. The summed E-state index contributed by atoms with van der Waals surface area (Å²) in [5.74, 6) is -0.638. The van der Waals surface area contributed by atoms with E-state index in [0.29, 0.717) is 0 Å². The van der Waals surface area contributed by atoms with Gasteiger partial charge in [0.25, 0.3) is 0 Å². The Kier molecular flexibility index (Phi) is 6.59. The van der Waals surface area contributed by atoms with Gasteiger partial charge < -0.3 is 9.05 Å². The molecular formula is C15H18F3O4P. The van der Waals surface area contributed by atoms with Gasteiger partial charge in [-0.1, -0.05) is 25.1 Å². The monoisotopic (exact) mass is 350 g/mol. The first-order valence-electron chi connectivity index (χ1n) is 6.94. The van der Waals surface area contributed by atoms with Gasteiger partial charge in [0.05, 0.1) is 23.9 Å². The highest BCUT2D eigenvalue weighted by Crippen LogP contribution is 2.48. The number of hydrogen-bond donors (Lipinski definition) is 0. The fourth-order valence-electron chi connectivity index (χ4n) is 1.83. The second-order valence-electron chi connectivity index (χ2n) is 4.58. The standard InChI is InChI=1S/C15H18F3O4P/c1-4-21-23(20,5-2)22-10-13(11(3)19)12-8-6-7-9-14(12)15(16,17)18/h6-10H,4-5H2,1-3H3. The summed E-state index contributed by atoms with van der Waals surface area (Å²) < 4.78 is 61.5. The minimum atomic E-state index is -4.63. The number of ketones is 1. The van der Waals surface area contributed by atoms with Gasteiger partial charge >= 0.3 is 13.8 Å². The van der Waals surface area contributed by atoms with Crippen molar-refractivity contribution in [1.29, 1.82) is 0 Å². The van der Waals surface area contributed by atoms with Crippen molar-refractivity contribution >= 4 is 19.0 Å². The Hall–Kier alpha value is -1.59. The first kappa shape index (κ1) is 19.5. The average molecular weight is 350 g/mol. The van der Waals surface area contributed by atoms with Crippen molar-refractivity contribution < 1.29 is 31.6 Å². The molecule has 0 bridgehead atoms. The van der Waals surface area contributed by atoms with E-state index in [9.17, 15) is 22.5 Å².